The van der Waals surface area contributed by atoms with E-state index in [1.165, 1.54) is 0 Å². The van der Waals surface area contributed by atoms with Crippen LogP contribution in [0.1, 0.15) is 17.0 Å². The van der Waals surface area contributed by atoms with Crippen molar-refractivity contribution in [3.05, 3.63) is 34.1 Å². The van der Waals surface area contributed by atoms with Crippen molar-refractivity contribution >= 4 is 33.9 Å². The summed E-state index contributed by atoms with van der Waals surface area (Å²) in [4.78, 5) is 16.6. The molecule has 0 radical (unpaired) electrons. The maximum absolute atomic E-state index is 8.93. The average Bonchev–Trinajstić information content (AvgIpc) is 2.45. The Morgan fingerprint density at radius 1 is 0.900 bits per heavy atom. The fourth-order valence-electron chi connectivity index (χ4n) is 1.79. The molecule has 1 aromatic carbocycles. The Kier molecular flexibility index (Phi) is 2.67. The van der Waals surface area contributed by atoms with Gasteiger partial charge in [-0.15, -0.1) is 0 Å². The Morgan fingerprint density at radius 3 is 1.90 bits per heavy atom. The van der Waals surface area contributed by atoms with Crippen LogP contribution in [-0.2, 0) is 0 Å². The van der Waals surface area contributed by atoms with Crippen LogP contribution >= 0.6 is 11.6 Å². The highest BCUT2D eigenvalue weighted by atomic mass is 35.5. The van der Waals surface area contributed by atoms with Gasteiger partial charge in [-0.1, -0.05) is 11.6 Å². The van der Waals surface area contributed by atoms with Crippen molar-refractivity contribution in [1.82, 2.24) is 19.9 Å². The summed E-state index contributed by atoms with van der Waals surface area (Å²) in [6.45, 7) is 1.86. The summed E-state index contributed by atoms with van der Waals surface area (Å²) in [5.41, 5.74) is 2.38. The van der Waals surface area contributed by atoms with Gasteiger partial charge < -0.3 is 0 Å². The van der Waals surface area contributed by atoms with E-state index in [0.717, 1.165) is 5.56 Å². The fourth-order valence-corrected chi connectivity index (χ4v) is 1.94. The smallest absolute Gasteiger partial charge is 0.199 e. The summed E-state index contributed by atoms with van der Waals surface area (Å²) in [5, 5.41) is 18.4. The zero-order valence-corrected chi connectivity index (χ0v) is 11.0. The molecule has 6 nitrogen and oxygen atoms in total. The fraction of sp³-hybridized carbons (Fsp3) is 0.0769. The highest BCUT2D eigenvalue weighted by Crippen LogP contribution is 2.22. The summed E-state index contributed by atoms with van der Waals surface area (Å²) >= 11 is 6.05. The topological polar surface area (TPSA) is 99.1 Å². The molecule has 0 N–H and O–H groups in total. The zero-order chi connectivity index (χ0) is 14.3. The van der Waals surface area contributed by atoms with E-state index in [1.54, 1.807) is 12.1 Å². The van der Waals surface area contributed by atoms with Gasteiger partial charge in [0.05, 0.1) is 11.0 Å². The first kappa shape index (κ1) is 12.2. The molecule has 2 heterocycles. The molecule has 20 heavy (non-hydrogen) atoms. The highest BCUT2D eigenvalue weighted by Gasteiger charge is 2.12. The minimum Gasteiger partial charge on any atom is -0.224 e. The lowest BCUT2D eigenvalue weighted by atomic mass is 10.2. The second-order valence-electron chi connectivity index (χ2n) is 4.11. The van der Waals surface area contributed by atoms with E-state index in [2.05, 4.69) is 19.9 Å². The van der Waals surface area contributed by atoms with E-state index in [0.29, 0.717) is 16.1 Å². The van der Waals surface area contributed by atoms with E-state index in [1.807, 2.05) is 19.1 Å². The third-order valence-electron chi connectivity index (χ3n) is 2.78. The van der Waals surface area contributed by atoms with Gasteiger partial charge in [0.2, 0.25) is 0 Å². The van der Waals surface area contributed by atoms with E-state index < -0.39 is 0 Å². The predicted octanol–water partition coefficient (Wildman–Crippen LogP) is 2.28. The van der Waals surface area contributed by atoms with Gasteiger partial charge in [0.15, 0.2) is 22.7 Å². The van der Waals surface area contributed by atoms with E-state index in [-0.39, 0.29) is 22.7 Å². The number of fused-ring (bicyclic) bond motifs is 2. The number of nitrogens with zero attached hydrogens (tertiary/aromatic N) is 6. The van der Waals surface area contributed by atoms with Crippen molar-refractivity contribution in [3.63, 3.8) is 0 Å². The second kappa shape index (κ2) is 4.37. The number of aryl methyl sites for hydroxylation is 1. The lowest BCUT2D eigenvalue weighted by molar-refractivity contribution is 1.14. The Hall–Kier alpha value is -2.83. The van der Waals surface area contributed by atoms with Gasteiger partial charge in [-0.3, -0.25) is 0 Å². The number of rotatable bonds is 0. The van der Waals surface area contributed by atoms with Crippen LogP contribution in [0.25, 0.3) is 22.3 Å². The molecule has 94 valence electrons. The molecular formula is C13H5ClN6. The van der Waals surface area contributed by atoms with Gasteiger partial charge in [-0.2, -0.15) is 10.5 Å². The molecule has 0 amide bonds. The maximum atomic E-state index is 8.93. The SMILES string of the molecule is Cc1cc2nc3nc(C#N)c(C#N)nc3nc2cc1Cl. The molecule has 3 rings (SSSR count). The summed E-state index contributed by atoms with van der Waals surface area (Å²) in [5.74, 6) is 0. The van der Waals surface area contributed by atoms with E-state index in [4.69, 9.17) is 22.1 Å². The largest absolute Gasteiger partial charge is 0.224 e. The highest BCUT2D eigenvalue weighted by molar-refractivity contribution is 6.32. The van der Waals surface area contributed by atoms with Crippen molar-refractivity contribution in [2.45, 2.75) is 6.92 Å². The summed E-state index contributed by atoms with van der Waals surface area (Å²) < 4.78 is 0. The van der Waals surface area contributed by atoms with Crippen LogP contribution in [0.5, 0.6) is 0 Å². The van der Waals surface area contributed by atoms with Crippen LogP contribution in [0.2, 0.25) is 5.02 Å². The normalized spacial score (nSPS) is 10.4. The molecular weight excluding hydrogens is 276 g/mol. The molecule has 0 unspecified atom stereocenters. The van der Waals surface area contributed by atoms with Gasteiger partial charge in [0, 0.05) is 5.02 Å². The Balaban J connectivity index is 2.43. The minimum absolute atomic E-state index is 0.0562. The van der Waals surface area contributed by atoms with Crippen molar-refractivity contribution in [1.29, 1.82) is 10.5 Å². The van der Waals surface area contributed by atoms with Crippen LogP contribution in [0.4, 0.5) is 0 Å². The number of nitriles is 2. The molecule has 0 atom stereocenters. The molecule has 0 aliphatic heterocycles. The molecule has 0 bridgehead atoms. The Labute approximate surface area is 118 Å². The van der Waals surface area contributed by atoms with Gasteiger partial charge in [-0.25, -0.2) is 19.9 Å². The van der Waals surface area contributed by atoms with Crippen molar-refractivity contribution < 1.29 is 0 Å². The third-order valence-corrected chi connectivity index (χ3v) is 3.19. The molecule has 0 aliphatic rings. The van der Waals surface area contributed by atoms with E-state index in [9.17, 15) is 0 Å². The van der Waals surface area contributed by atoms with Gasteiger partial charge >= 0.3 is 0 Å². The number of hydrogen-bond acceptors (Lipinski definition) is 6. The lowest BCUT2D eigenvalue weighted by Crippen LogP contribution is -2.00. The first-order chi connectivity index (χ1) is 9.62. The quantitative estimate of drug-likeness (QED) is 0.586. The number of aromatic nitrogens is 4. The lowest BCUT2D eigenvalue weighted by Gasteiger charge is -2.03. The molecule has 0 aliphatic carbocycles. The standard InChI is InChI=1S/C13H5ClN6/c1-6-2-8-9(3-7(6)14)18-13-12(17-8)19-10(4-15)11(5-16)20-13/h2-3H,1H3. The number of halogens is 1. The molecule has 3 aromatic rings. The maximum Gasteiger partial charge on any atom is 0.199 e. The van der Waals surface area contributed by atoms with Crippen LogP contribution in [0.3, 0.4) is 0 Å². The number of benzene rings is 1. The van der Waals surface area contributed by atoms with Crippen molar-refractivity contribution in [3.8, 4) is 12.1 Å². The van der Waals surface area contributed by atoms with E-state index >= 15 is 0 Å². The predicted molar refractivity (Wildman–Crippen MR) is 71.8 cm³/mol. The van der Waals surface area contributed by atoms with Crippen molar-refractivity contribution in [2.75, 3.05) is 0 Å². The first-order valence-electron chi connectivity index (χ1n) is 5.58. The Morgan fingerprint density at radius 2 is 1.40 bits per heavy atom. The van der Waals surface area contributed by atoms with Crippen LogP contribution in [-0.4, -0.2) is 19.9 Å². The van der Waals surface area contributed by atoms with Gasteiger partial charge in [0.25, 0.3) is 0 Å². The third kappa shape index (κ3) is 1.80. The number of hydrogen-bond donors (Lipinski definition) is 0. The minimum atomic E-state index is -0.0631. The van der Waals surface area contributed by atoms with Crippen LogP contribution in [0, 0.1) is 29.6 Å². The average molecular weight is 281 g/mol. The molecule has 0 fully saturated rings. The molecule has 0 spiro atoms. The summed E-state index contributed by atoms with van der Waals surface area (Å²) in [6.07, 6.45) is 0. The Bertz CT molecular complexity index is 873. The zero-order valence-electron chi connectivity index (χ0n) is 10.2. The van der Waals surface area contributed by atoms with Crippen LogP contribution in [0.15, 0.2) is 12.1 Å². The molecule has 0 saturated carbocycles. The van der Waals surface area contributed by atoms with Crippen LogP contribution < -0.4 is 0 Å². The molecule has 2 aromatic heterocycles. The first-order valence-corrected chi connectivity index (χ1v) is 5.96. The molecule has 7 heteroatoms. The van der Waals surface area contributed by atoms with Gasteiger partial charge in [-0.05, 0) is 24.6 Å². The second-order valence-corrected chi connectivity index (χ2v) is 4.51. The molecule has 0 saturated heterocycles. The monoisotopic (exact) mass is 280 g/mol. The van der Waals surface area contributed by atoms with Gasteiger partial charge in [0.1, 0.15) is 12.1 Å². The van der Waals surface area contributed by atoms with Crippen molar-refractivity contribution in [2.24, 2.45) is 0 Å². The summed E-state index contributed by atoms with van der Waals surface area (Å²) in [7, 11) is 0. The summed E-state index contributed by atoms with van der Waals surface area (Å²) in [6, 6.07) is 7.11.